The molecule has 0 radical (unpaired) electrons. The zero-order chi connectivity index (χ0) is 31.6. The first kappa shape index (κ1) is 30.4. The maximum Gasteiger partial charge on any atom is 0.324 e. The average Bonchev–Trinajstić information content (AvgIpc) is 3.66. The molecule has 9 nitrogen and oxygen atoms in total. The lowest BCUT2D eigenvalue weighted by atomic mass is 9.76. The van der Waals surface area contributed by atoms with Gasteiger partial charge >= 0.3 is 6.03 Å². The normalized spacial score (nSPS) is 15.5. The maximum absolute atomic E-state index is 14.1. The Morgan fingerprint density at radius 2 is 1.69 bits per heavy atom. The number of ether oxygens (including phenoxy) is 2. The number of amides is 2. The van der Waals surface area contributed by atoms with Crippen LogP contribution in [0.5, 0.6) is 11.5 Å². The first-order valence-electron chi connectivity index (χ1n) is 15.6. The van der Waals surface area contributed by atoms with Crippen molar-refractivity contribution < 1.29 is 19.1 Å². The fraction of sp³-hybridized carbons (Fsp3) is 0.361. The van der Waals surface area contributed by atoms with Crippen LogP contribution in [-0.4, -0.2) is 41.5 Å². The van der Waals surface area contributed by atoms with Crippen LogP contribution in [0.1, 0.15) is 61.9 Å². The summed E-state index contributed by atoms with van der Waals surface area (Å²) in [6.07, 6.45) is 2.02. The second-order valence-electron chi connectivity index (χ2n) is 13.0. The van der Waals surface area contributed by atoms with Gasteiger partial charge in [-0.25, -0.2) is 9.48 Å². The fourth-order valence-corrected chi connectivity index (χ4v) is 6.10. The van der Waals surface area contributed by atoms with E-state index in [1.54, 1.807) is 4.68 Å². The summed E-state index contributed by atoms with van der Waals surface area (Å²) in [6, 6.07) is 22.9. The number of piperidine rings is 1. The van der Waals surface area contributed by atoms with Gasteiger partial charge in [0, 0.05) is 29.5 Å². The SMILES string of the molecule is Cc1ccc(-n2nc(C(C)(C)C)cc2NC(=O)Nc2ccccc2C(C(=O)Cc2ccc3c(c2)OCO3)C2CCNCC2)cc1. The highest BCUT2D eigenvalue weighted by Gasteiger charge is 2.33. The monoisotopic (exact) mass is 607 g/mol. The molecule has 1 unspecified atom stereocenters. The van der Waals surface area contributed by atoms with Gasteiger partial charge in [0.1, 0.15) is 11.6 Å². The van der Waals surface area contributed by atoms with Gasteiger partial charge in [-0.15, -0.1) is 0 Å². The third-order valence-electron chi connectivity index (χ3n) is 8.56. The molecule has 3 heterocycles. The minimum absolute atomic E-state index is 0.114. The summed E-state index contributed by atoms with van der Waals surface area (Å²) >= 11 is 0. The molecule has 1 saturated heterocycles. The number of nitrogens with one attached hydrogen (secondary N) is 3. The molecule has 6 rings (SSSR count). The Morgan fingerprint density at radius 3 is 2.44 bits per heavy atom. The van der Waals surface area contributed by atoms with Crippen molar-refractivity contribution >= 4 is 23.3 Å². The van der Waals surface area contributed by atoms with E-state index >= 15 is 0 Å². The van der Waals surface area contributed by atoms with Crippen LogP contribution in [0, 0.1) is 12.8 Å². The number of urea groups is 1. The molecule has 2 amide bonds. The van der Waals surface area contributed by atoms with Crippen LogP contribution in [0.25, 0.3) is 5.69 Å². The number of nitrogens with zero attached hydrogens (tertiary/aromatic N) is 2. The largest absolute Gasteiger partial charge is 0.454 e. The van der Waals surface area contributed by atoms with E-state index in [0.717, 1.165) is 54.0 Å². The second-order valence-corrected chi connectivity index (χ2v) is 13.0. The Morgan fingerprint density at radius 1 is 0.956 bits per heavy atom. The Balaban J connectivity index is 1.27. The smallest absolute Gasteiger partial charge is 0.324 e. The van der Waals surface area contributed by atoms with Crippen LogP contribution in [0.4, 0.5) is 16.3 Å². The van der Waals surface area contributed by atoms with Crippen molar-refractivity contribution in [3.63, 3.8) is 0 Å². The molecule has 1 aromatic heterocycles. The molecule has 4 aromatic rings. The number of aryl methyl sites for hydroxylation is 1. The molecular weight excluding hydrogens is 566 g/mol. The summed E-state index contributed by atoms with van der Waals surface area (Å²) in [5.41, 5.74) is 4.97. The molecule has 0 saturated carbocycles. The van der Waals surface area contributed by atoms with Gasteiger partial charge in [-0.3, -0.25) is 10.1 Å². The molecule has 2 aliphatic rings. The van der Waals surface area contributed by atoms with Crippen LogP contribution in [0.3, 0.4) is 0 Å². The summed E-state index contributed by atoms with van der Waals surface area (Å²) in [5, 5.41) is 14.4. The lowest BCUT2D eigenvalue weighted by molar-refractivity contribution is -0.121. The molecule has 3 N–H and O–H groups in total. The first-order chi connectivity index (χ1) is 21.7. The number of anilines is 2. The van der Waals surface area contributed by atoms with Crippen LogP contribution >= 0.6 is 0 Å². The number of carbonyl (C=O) groups excluding carboxylic acids is 2. The van der Waals surface area contributed by atoms with Crippen molar-refractivity contribution in [3.05, 3.63) is 95.2 Å². The van der Waals surface area contributed by atoms with Crippen molar-refractivity contribution in [1.82, 2.24) is 15.1 Å². The number of rotatable bonds is 8. The number of Topliss-reactive ketones (excluding diaryl/α,β-unsaturated/α-hetero) is 1. The maximum atomic E-state index is 14.1. The van der Waals surface area contributed by atoms with E-state index in [2.05, 4.69) is 36.7 Å². The third kappa shape index (κ3) is 6.88. The Bertz CT molecular complexity index is 1680. The Hall–Kier alpha value is -4.63. The molecule has 0 bridgehead atoms. The summed E-state index contributed by atoms with van der Waals surface area (Å²) in [6.45, 7) is 10.2. The lowest BCUT2D eigenvalue weighted by Gasteiger charge is -2.31. The third-order valence-corrected chi connectivity index (χ3v) is 8.56. The number of hydrogen-bond donors (Lipinski definition) is 3. The lowest BCUT2D eigenvalue weighted by Crippen LogP contribution is -2.34. The molecule has 1 fully saturated rings. The molecular formula is C36H41N5O4. The Kier molecular flexibility index (Phi) is 8.63. The predicted molar refractivity (Wildman–Crippen MR) is 176 cm³/mol. The van der Waals surface area contributed by atoms with E-state index in [1.807, 2.05) is 79.7 Å². The van der Waals surface area contributed by atoms with Crippen molar-refractivity contribution in [2.24, 2.45) is 5.92 Å². The van der Waals surface area contributed by atoms with E-state index in [9.17, 15) is 9.59 Å². The summed E-state index contributed by atoms with van der Waals surface area (Å²) < 4.78 is 12.8. The molecule has 45 heavy (non-hydrogen) atoms. The van der Waals surface area contributed by atoms with E-state index in [1.165, 1.54) is 0 Å². The van der Waals surface area contributed by atoms with Crippen LogP contribution in [0.15, 0.2) is 72.8 Å². The highest BCUT2D eigenvalue weighted by Crippen LogP contribution is 2.38. The minimum atomic E-state index is -0.400. The number of aromatic nitrogens is 2. The number of carbonyl (C=O) groups is 2. The molecule has 2 aliphatic heterocycles. The Labute approximate surface area is 264 Å². The van der Waals surface area contributed by atoms with E-state index in [0.29, 0.717) is 23.0 Å². The van der Waals surface area contributed by atoms with Gasteiger partial charge in [-0.2, -0.15) is 5.10 Å². The van der Waals surface area contributed by atoms with Gasteiger partial charge in [0.2, 0.25) is 6.79 Å². The fourth-order valence-electron chi connectivity index (χ4n) is 6.10. The summed E-state index contributed by atoms with van der Waals surface area (Å²) in [7, 11) is 0. The second kappa shape index (κ2) is 12.8. The number of ketones is 1. The molecule has 234 valence electrons. The van der Waals surface area contributed by atoms with Crippen molar-refractivity contribution in [2.75, 3.05) is 30.5 Å². The van der Waals surface area contributed by atoms with Crippen molar-refractivity contribution in [2.45, 2.75) is 58.3 Å². The average molecular weight is 608 g/mol. The molecule has 0 spiro atoms. The van der Waals surface area contributed by atoms with E-state index in [-0.39, 0.29) is 36.2 Å². The van der Waals surface area contributed by atoms with E-state index < -0.39 is 6.03 Å². The molecule has 9 heteroatoms. The van der Waals surface area contributed by atoms with Gasteiger partial charge in [0.15, 0.2) is 11.5 Å². The van der Waals surface area contributed by atoms with Gasteiger partial charge in [0.25, 0.3) is 0 Å². The van der Waals surface area contributed by atoms with Gasteiger partial charge in [0.05, 0.1) is 11.4 Å². The van der Waals surface area contributed by atoms with Crippen molar-refractivity contribution in [1.29, 1.82) is 0 Å². The first-order valence-corrected chi connectivity index (χ1v) is 15.6. The predicted octanol–water partition coefficient (Wildman–Crippen LogP) is 6.75. The zero-order valence-corrected chi connectivity index (χ0v) is 26.4. The molecule has 0 aliphatic carbocycles. The van der Waals surface area contributed by atoms with Crippen LogP contribution in [-0.2, 0) is 16.6 Å². The topological polar surface area (TPSA) is 107 Å². The minimum Gasteiger partial charge on any atom is -0.454 e. The highest BCUT2D eigenvalue weighted by atomic mass is 16.7. The van der Waals surface area contributed by atoms with E-state index in [4.69, 9.17) is 14.6 Å². The number of benzene rings is 3. The standard InChI is InChI=1S/C36H41N5O4/c1-23-9-12-26(13-10-23)41-33(21-32(40-41)36(2,3)4)39-35(43)38-28-8-6-5-7-27(28)34(25-15-17-37-18-16-25)29(42)19-24-11-14-30-31(20-24)45-22-44-30/h5-14,20-21,25,34,37H,15-19,22H2,1-4H3,(H2,38,39,43). The van der Waals surface area contributed by atoms with Gasteiger partial charge < -0.3 is 20.1 Å². The zero-order valence-electron chi connectivity index (χ0n) is 26.4. The van der Waals surface area contributed by atoms with Crippen LogP contribution in [0.2, 0.25) is 0 Å². The van der Waals surface area contributed by atoms with Gasteiger partial charge in [-0.05, 0) is 80.2 Å². The summed E-state index contributed by atoms with van der Waals surface area (Å²) in [5.74, 6) is 1.81. The quantitative estimate of drug-likeness (QED) is 0.205. The highest BCUT2D eigenvalue weighted by molar-refractivity contribution is 6.01. The van der Waals surface area contributed by atoms with Crippen LogP contribution < -0.4 is 25.4 Å². The molecule has 3 aromatic carbocycles. The van der Waals surface area contributed by atoms with Gasteiger partial charge in [-0.1, -0.05) is 62.7 Å². The molecule has 1 atom stereocenters. The van der Waals surface area contributed by atoms with Crippen molar-refractivity contribution in [3.8, 4) is 17.2 Å². The summed E-state index contributed by atoms with van der Waals surface area (Å²) in [4.78, 5) is 27.7. The number of hydrogen-bond acceptors (Lipinski definition) is 6. The number of fused-ring (bicyclic) bond motifs is 1. The number of para-hydroxylation sites is 1.